The van der Waals surface area contributed by atoms with Crippen LogP contribution in [0.4, 0.5) is 5.82 Å². The molecular weight excluding hydrogens is 356 g/mol. The third-order valence-electron chi connectivity index (χ3n) is 3.77. The Kier molecular flexibility index (Phi) is 5.59. The van der Waals surface area contributed by atoms with Crippen LogP contribution in [-0.2, 0) is 10.0 Å². The fourth-order valence-corrected chi connectivity index (χ4v) is 4.15. The zero-order chi connectivity index (χ0) is 15.5. The Morgan fingerprint density at radius 1 is 1.52 bits per heavy atom. The minimum atomic E-state index is -3.63. The van der Waals surface area contributed by atoms with Gasteiger partial charge in [0.05, 0.1) is 0 Å². The molecule has 0 aromatic carbocycles. The number of nitrogens with one attached hydrogen (secondary N) is 1. The van der Waals surface area contributed by atoms with Crippen molar-refractivity contribution in [2.45, 2.75) is 37.1 Å². The summed E-state index contributed by atoms with van der Waals surface area (Å²) in [5.41, 5.74) is 5.65. The summed E-state index contributed by atoms with van der Waals surface area (Å²) in [6, 6.07) is 1.98. The molecule has 1 aliphatic rings. The first-order chi connectivity index (χ1) is 9.90. The zero-order valence-electron chi connectivity index (χ0n) is 12.0. The van der Waals surface area contributed by atoms with E-state index in [0.717, 1.165) is 6.54 Å². The molecule has 0 aliphatic carbocycles. The number of piperidine rings is 1. The predicted octanol–water partition coefficient (Wildman–Crippen LogP) is 1.58. The molecule has 3 N–H and O–H groups in total. The molecule has 2 heterocycles. The van der Waals surface area contributed by atoms with Gasteiger partial charge in [-0.15, -0.1) is 0 Å². The van der Waals surface area contributed by atoms with E-state index in [-0.39, 0.29) is 10.7 Å². The number of nitrogens with zero attached hydrogens (tertiary/aromatic N) is 2. The molecule has 1 aromatic heterocycles. The molecular formula is C13H21BrN4O2S. The number of anilines is 1. The zero-order valence-corrected chi connectivity index (χ0v) is 14.5. The van der Waals surface area contributed by atoms with Crippen LogP contribution in [0.2, 0.25) is 0 Å². The number of sulfonamides is 1. The number of likely N-dealkylation sites (tertiary alicyclic amines) is 1. The summed E-state index contributed by atoms with van der Waals surface area (Å²) in [5.74, 6) is 0.0111. The van der Waals surface area contributed by atoms with E-state index in [1.54, 1.807) is 0 Å². The summed E-state index contributed by atoms with van der Waals surface area (Å²) in [5, 5.41) is 0. The van der Waals surface area contributed by atoms with Crippen LogP contribution in [0, 0.1) is 0 Å². The second-order valence-electron chi connectivity index (χ2n) is 5.32. The highest BCUT2D eigenvalue weighted by Crippen LogP contribution is 2.20. The molecule has 0 amide bonds. The van der Waals surface area contributed by atoms with Gasteiger partial charge in [0, 0.05) is 29.8 Å². The first kappa shape index (κ1) is 16.7. The topological polar surface area (TPSA) is 88.3 Å². The third-order valence-corrected chi connectivity index (χ3v) is 5.69. The molecule has 1 aromatic rings. The van der Waals surface area contributed by atoms with Crippen molar-refractivity contribution in [3.63, 3.8) is 0 Å². The van der Waals surface area contributed by atoms with Crippen molar-refractivity contribution in [3.05, 3.63) is 16.7 Å². The highest BCUT2D eigenvalue weighted by molar-refractivity contribution is 9.10. The lowest BCUT2D eigenvalue weighted by Gasteiger charge is -2.33. The van der Waals surface area contributed by atoms with Gasteiger partial charge >= 0.3 is 0 Å². The van der Waals surface area contributed by atoms with E-state index in [4.69, 9.17) is 5.73 Å². The summed E-state index contributed by atoms with van der Waals surface area (Å²) in [6.07, 6.45) is 5.09. The molecule has 2 rings (SSSR count). The number of hydrogen-bond acceptors (Lipinski definition) is 5. The van der Waals surface area contributed by atoms with E-state index < -0.39 is 10.0 Å². The van der Waals surface area contributed by atoms with Gasteiger partial charge in [0.15, 0.2) is 0 Å². The van der Waals surface area contributed by atoms with E-state index in [1.165, 1.54) is 31.5 Å². The number of nitrogens with two attached hydrogens (primary N) is 1. The van der Waals surface area contributed by atoms with Crippen molar-refractivity contribution >= 4 is 31.8 Å². The second kappa shape index (κ2) is 7.04. The van der Waals surface area contributed by atoms with E-state index in [1.807, 2.05) is 0 Å². The van der Waals surface area contributed by atoms with Crippen LogP contribution in [-0.4, -0.2) is 44.0 Å². The van der Waals surface area contributed by atoms with Crippen LogP contribution in [0.5, 0.6) is 0 Å². The summed E-state index contributed by atoms with van der Waals surface area (Å²) in [6.45, 7) is 4.30. The van der Waals surface area contributed by atoms with Gasteiger partial charge in [0.1, 0.15) is 10.7 Å². The average Bonchev–Trinajstić information content (AvgIpc) is 2.43. The highest BCUT2D eigenvalue weighted by Gasteiger charge is 2.21. The lowest BCUT2D eigenvalue weighted by atomic mass is 10.0. The summed E-state index contributed by atoms with van der Waals surface area (Å²) < 4.78 is 27.7. The van der Waals surface area contributed by atoms with E-state index in [0.29, 0.717) is 23.6 Å². The summed E-state index contributed by atoms with van der Waals surface area (Å²) in [7, 11) is -3.63. The normalized spacial score (nSPS) is 20.6. The van der Waals surface area contributed by atoms with Gasteiger partial charge in [0.2, 0.25) is 10.0 Å². The second-order valence-corrected chi connectivity index (χ2v) is 7.97. The maximum Gasteiger partial charge on any atom is 0.244 e. The van der Waals surface area contributed by atoms with Crippen LogP contribution in [0.3, 0.4) is 0 Å². The van der Waals surface area contributed by atoms with Crippen LogP contribution in [0.15, 0.2) is 21.6 Å². The molecule has 1 saturated heterocycles. The number of pyridine rings is 1. The Morgan fingerprint density at radius 3 is 3.00 bits per heavy atom. The molecule has 1 atom stereocenters. The Hall–Kier alpha value is -0.700. The molecule has 6 nitrogen and oxygen atoms in total. The van der Waals surface area contributed by atoms with Crippen molar-refractivity contribution in [1.82, 2.24) is 14.6 Å². The smallest absolute Gasteiger partial charge is 0.244 e. The Labute approximate surface area is 134 Å². The number of halogens is 1. The first-order valence-corrected chi connectivity index (χ1v) is 9.32. The van der Waals surface area contributed by atoms with Crippen LogP contribution < -0.4 is 10.5 Å². The standard InChI is InChI=1S/C13H21BrN4O2S/c1-10-4-2-3-6-18(10)7-5-17-21(19,20)12-8-11(14)9-16-13(12)15/h8-10,17H,2-7H2,1H3,(H2,15,16). The largest absolute Gasteiger partial charge is 0.383 e. The number of nitrogen functional groups attached to an aromatic ring is 1. The molecule has 0 radical (unpaired) electrons. The molecule has 21 heavy (non-hydrogen) atoms. The van der Waals surface area contributed by atoms with Crippen LogP contribution in [0.1, 0.15) is 26.2 Å². The van der Waals surface area contributed by atoms with Gasteiger partial charge in [-0.25, -0.2) is 18.1 Å². The van der Waals surface area contributed by atoms with Crippen molar-refractivity contribution in [2.24, 2.45) is 0 Å². The maximum atomic E-state index is 12.3. The van der Waals surface area contributed by atoms with E-state index >= 15 is 0 Å². The lowest BCUT2D eigenvalue weighted by Crippen LogP contribution is -2.42. The quantitative estimate of drug-likeness (QED) is 0.814. The first-order valence-electron chi connectivity index (χ1n) is 7.05. The number of aromatic nitrogens is 1. The SMILES string of the molecule is CC1CCCCN1CCNS(=O)(=O)c1cc(Br)cnc1N. The fraction of sp³-hybridized carbons (Fsp3) is 0.615. The van der Waals surface area contributed by atoms with Gasteiger partial charge in [-0.1, -0.05) is 6.42 Å². The average molecular weight is 377 g/mol. The Morgan fingerprint density at radius 2 is 2.29 bits per heavy atom. The predicted molar refractivity (Wildman–Crippen MR) is 86.4 cm³/mol. The molecule has 118 valence electrons. The maximum absolute atomic E-state index is 12.3. The van der Waals surface area contributed by atoms with E-state index in [2.05, 4.69) is 37.5 Å². The third kappa shape index (κ3) is 4.38. The lowest BCUT2D eigenvalue weighted by molar-refractivity contribution is 0.164. The van der Waals surface area contributed by atoms with Gasteiger partial charge < -0.3 is 5.73 Å². The van der Waals surface area contributed by atoms with Crippen molar-refractivity contribution < 1.29 is 8.42 Å². The molecule has 1 unspecified atom stereocenters. The fourth-order valence-electron chi connectivity index (χ4n) is 2.54. The van der Waals surface area contributed by atoms with Crippen LogP contribution >= 0.6 is 15.9 Å². The molecule has 8 heteroatoms. The number of rotatable bonds is 5. The highest BCUT2D eigenvalue weighted by atomic mass is 79.9. The molecule has 0 saturated carbocycles. The monoisotopic (exact) mass is 376 g/mol. The molecule has 0 spiro atoms. The molecule has 1 fully saturated rings. The minimum Gasteiger partial charge on any atom is -0.383 e. The van der Waals surface area contributed by atoms with Crippen molar-refractivity contribution in [2.75, 3.05) is 25.4 Å². The van der Waals surface area contributed by atoms with Gasteiger partial charge in [0.25, 0.3) is 0 Å². The van der Waals surface area contributed by atoms with Gasteiger partial charge in [-0.3, -0.25) is 4.90 Å². The molecule has 1 aliphatic heterocycles. The van der Waals surface area contributed by atoms with Crippen molar-refractivity contribution in [1.29, 1.82) is 0 Å². The van der Waals surface area contributed by atoms with E-state index in [9.17, 15) is 8.42 Å². The minimum absolute atomic E-state index is 0.0111. The summed E-state index contributed by atoms with van der Waals surface area (Å²) >= 11 is 3.21. The van der Waals surface area contributed by atoms with Gasteiger partial charge in [-0.05, 0) is 48.3 Å². The summed E-state index contributed by atoms with van der Waals surface area (Å²) in [4.78, 5) is 6.19. The Balaban J connectivity index is 1.96. The molecule has 0 bridgehead atoms. The van der Waals surface area contributed by atoms with Gasteiger partial charge in [-0.2, -0.15) is 0 Å². The Bertz CT molecular complexity index is 594. The van der Waals surface area contributed by atoms with Crippen molar-refractivity contribution in [3.8, 4) is 0 Å². The number of hydrogen-bond donors (Lipinski definition) is 2. The van der Waals surface area contributed by atoms with Crippen LogP contribution in [0.25, 0.3) is 0 Å².